The Balaban J connectivity index is 1.78. The van der Waals surface area contributed by atoms with Crippen LogP contribution >= 0.6 is 0 Å². The highest BCUT2D eigenvalue weighted by Gasteiger charge is 2.72. The molecule has 3 fully saturated rings. The summed E-state index contributed by atoms with van der Waals surface area (Å²) in [5.74, 6) is -0.951. The lowest BCUT2D eigenvalue weighted by Crippen LogP contribution is -2.04. The summed E-state index contributed by atoms with van der Waals surface area (Å²) in [6, 6.07) is 0. The predicted molar refractivity (Wildman–Crippen MR) is 45.4 cm³/mol. The fourth-order valence-corrected chi connectivity index (χ4v) is 3.68. The number of aliphatic carboxylic acids is 2. The van der Waals surface area contributed by atoms with Gasteiger partial charge in [0.15, 0.2) is 0 Å². The molecule has 6 unspecified atom stereocenters. The summed E-state index contributed by atoms with van der Waals surface area (Å²) in [6.07, 6.45) is 1.85. The molecule has 76 valence electrons. The third-order valence-corrected chi connectivity index (χ3v) is 4.31. The van der Waals surface area contributed by atoms with Gasteiger partial charge in [0, 0.05) is 0 Å². The number of hydrogen-bond donors (Lipinski definition) is 2. The molecule has 3 saturated carbocycles. The van der Waals surface area contributed by atoms with Crippen molar-refractivity contribution in [3.63, 3.8) is 0 Å². The minimum absolute atomic E-state index is 0.187. The third kappa shape index (κ3) is 0.837. The second kappa shape index (κ2) is 2.30. The van der Waals surface area contributed by atoms with Crippen LogP contribution in [0.3, 0.4) is 0 Å². The monoisotopic (exact) mass is 196 g/mol. The van der Waals surface area contributed by atoms with Crippen LogP contribution in [-0.4, -0.2) is 22.2 Å². The zero-order valence-corrected chi connectivity index (χ0v) is 7.59. The highest BCUT2D eigenvalue weighted by atomic mass is 16.4. The van der Waals surface area contributed by atoms with Crippen molar-refractivity contribution in [2.45, 2.75) is 12.8 Å². The fraction of sp³-hybridized carbons (Fsp3) is 0.800. The Morgan fingerprint density at radius 2 is 1.21 bits per heavy atom. The van der Waals surface area contributed by atoms with Gasteiger partial charge in [0.25, 0.3) is 0 Å². The topological polar surface area (TPSA) is 74.6 Å². The van der Waals surface area contributed by atoms with E-state index in [1.165, 1.54) is 0 Å². The maximum atomic E-state index is 10.8. The summed E-state index contributed by atoms with van der Waals surface area (Å²) in [7, 11) is 0. The van der Waals surface area contributed by atoms with E-state index in [0.717, 1.165) is 12.8 Å². The Hall–Kier alpha value is -1.06. The van der Waals surface area contributed by atoms with Crippen LogP contribution in [0.15, 0.2) is 0 Å². The van der Waals surface area contributed by atoms with Crippen molar-refractivity contribution >= 4 is 11.9 Å². The van der Waals surface area contributed by atoms with Crippen LogP contribution in [0, 0.1) is 35.5 Å². The molecular weight excluding hydrogens is 184 g/mol. The van der Waals surface area contributed by atoms with Gasteiger partial charge < -0.3 is 10.2 Å². The predicted octanol–water partition coefficient (Wildman–Crippen LogP) is 0.674. The lowest BCUT2D eigenvalue weighted by Gasteiger charge is -2.03. The van der Waals surface area contributed by atoms with E-state index in [2.05, 4.69) is 0 Å². The lowest BCUT2D eigenvalue weighted by atomic mass is 10.0. The number of carboxylic acids is 2. The molecule has 0 aromatic rings. The second-order valence-corrected chi connectivity index (χ2v) is 4.79. The summed E-state index contributed by atoms with van der Waals surface area (Å²) in [5, 5.41) is 17.8. The third-order valence-electron chi connectivity index (χ3n) is 4.31. The molecule has 0 aliphatic heterocycles. The maximum Gasteiger partial charge on any atom is 0.307 e. The van der Waals surface area contributed by atoms with E-state index >= 15 is 0 Å². The quantitative estimate of drug-likeness (QED) is 0.680. The first-order valence-corrected chi connectivity index (χ1v) is 5.08. The molecule has 0 amide bonds. The Morgan fingerprint density at radius 1 is 0.857 bits per heavy atom. The van der Waals surface area contributed by atoms with E-state index in [4.69, 9.17) is 10.2 Å². The van der Waals surface area contributed by atoms with Crippen molar-refractivity contribution in [2.24, 2.45) is 35.5 Å². The Labute approximate surface area is 80.9 Å². The smallest absolute Gasteiger partial charge is 0.307 e. The minimum Gasteiger partial charge on any atom is -0.481 e. The number of fused-ring (bicyclic) bond motifs is 3. The van der Waals surface area contributed by atoms with E-state index in [-0.39, 0.29) is 35.5 Å². The molecule has 3 aliphatic carbocycles. The zero-order valence-electron chi connectivity index (χ0n) is 7.59. The van der Waals surface area contributed by atoms with Crippen LogP contribution in [0.25, 0.3) is 0 Å². The fourth-order valence-electron chi connectivity index (χ4n) is 3.68. The largest absolute Gasteiger partial charge is 0.481 e. The van der Waals surface area contributed by atoms with Gasteiger partial charge >= 0.3 is 11.9 Å². The number of rotatable bonds is 2. The molecule has 4 nitrogen and oxygen atoms in total. The van der Waals surface area contributed by atoms with Crippen LogP contribution in [0.5, 0.6) is 0 Å². The summed E-state index contributed by atoms with van der Waals surface area (Å²) in [4.78, 5) is 21.6. The zero-order chi connectivity index (χ0) is 10.0. The highest BCUT2D eigenvalue weighted by Crippen LogP contribution is 2.71. The van der Waals surface area contributed by atoms with E-state index < -0.39 is 11.9 Å². The van der Waals surface area contributed by atoms with E-state index in [1.807, 2.05) is 0 Å². The molecule has 6 atom stereocenters. The second-order valence-electron chi connectivity index (χ2n) is 4.79. The van der Waals surface area contributed by atoms with Crippen molar-refractivity contribution in [3.05, 3.63) is 0 Å². The van der Waals surface area contributed by atoms with Crippen LogP contribution in [-0.2, 0) is 9.59 Å². The van der Waals surface area contributed by atoms with Gasteiger partial charge in [-0.2, -0.15) is 0 Å². The molecule has 3 aliphatic rings. The summed E-state index contributed by atoms with van der Waals surface area (Å²) in [6.45, 7) is 0. The normalized spacial score (nSPS) is 52.9. The SMILES string of the molecule is O=C(O)C1C2CCC3C(C(=O)O)C3C21. The first-order chi connectivity index (χ1) is 6.63. The number of carbonyl (C=O) groups is 2. The van der Waals surface area contributed by atoms with Crippen molar-refractivity contribution in [1.82, 2.24) is 0 Å². The average molecular weight is 196 g/mol. The molecule has 0 spiro atoms. The van der Waals surface area contributed by atoms with E-state index in [9.17, 15) is 9.59 Å². The Kier molecular flexibility index (Phi) is 1.36. The summed E-state index contributed by atoms with van der Waals surface area (Å²) >= 11 is 0. The summed E-state index contributed by atoms with van der Waals surface area (Å²) < 4.78 is 0. The Bertz CT molecular complexity index is 292. The number of hydrogen-bond acceptors (Lipinski definition) is 2. The lowest BCUT2D eigenvalue weighted by molar-refractivity contribution is -0.141. The van der Waals surface area contributed by atoms with Gasteiger partial charge in [-0.25, -0.2) is 0 Å². The molecule has 3 rings (SSSR count). The van der Waals surface area contributed by atoms with Gasteiger partial charge in [-0.3, -0.25) is 9.59 Å². The molecule has 0 aromatic heterocycles. The molecule has 14 heavy (non-hydrogen) atoms. The minimum atomic E-state index is -0.725. The number of carboxylic acid groups (broad SMARTS) is 2. The van der Waals surface area contributed by atoms with Gasteiger partial charge in [-0.05, 0) is 36.5 Å². The molecule has 0 bridgehead atoms. The van der Waals surface area contributed by atoms with E-state index in [0.29, 0.717) is 0 Å². The van der Waals surface area contributed by atoms with Gasteiger partial charge in [-0.1, -0.05) is 0 Å². The van der Waals surface area contributed by atoms with Crippen molar-refractivity contribution in [1.29, 1.82) is 0 Å². The molecule has 0 aromatic carbocycles. The molecular formula is C10H12O4. The molecule has 0 heterocycles. The van der Waals surface area contributed by atoms with Crippen LogP contribution < -0.4 is 0 Å². The average Bonchev–Trinajstić information content (AvgIpc) is 2.95. The molecule has 4 heteroatoms. The first-order valence-electron chi connectivity index (χ1n) is 5.08. The summed E-state index contributed by atoms with van der Waals surface area (Å²) in [5.41, 5.74) is 0. The van der Waals surface area contributed by atoms with Gasteiger partial charge in [0.05, 0.1) is 11.8 Å². The molecule has 2 N–H and O–H groups in total. The van der Waals surface area contributed by atoms with E-state index in [1.54, 1.807) is 0 Å². The van der Waals surface area contributed by atoms with Gasteiger partial charge in [0.2, 0.25) is 0 Å². The molecule has 0 radical (unpaired) electrons. The van der Waals surface area contributed by atoms with Crippen LogP contribution in [0.1, 0.15) is 12.8 Å². The van der Waals surface area contributed by atoms with Gasteiger partial charge in [0.1, 0.15) is 0 Å². The van der Waals surface area contributed by atoms with Crippen LogP contribution in [0.2, 0.25) is 0 Å². The van der Waals surface area contributed by atoms with Crippen molar-refractivity contribution in [3.8, 4) is 0 Å². The van der Waals surface area contributed by atoms with Crippen molar-refractivity contribution in [2.75, 3.05) is 0 Å². The first kappa shape index (κ1) is 8.26. The highest BCUT2D eigenvalue weighted by molar-refractivity contribution is 5.78. The van der Waals surface area contributed by atoms with Crippen LogP contribution in [0.4, 0.5) is 0 Å². The molecule has 0 saturated heterocycles. The maximum absolute atomic E-state index is 10.8. The van der Waals surface area contributed by atoms with Gasteiger partial charge in [-0.15, -0.1) is 0 Å². The standard InChI is InChI=1S/C10H12O4/c11-9(12)7-3-1-2-4-6(5(3)7)8(4)10(13)14/h3-8H,1-2H2,(H,11,12)(H,13,14). The Morgan fingerprint density at radius 3 is 1.50 bits per heavy atom. The van der Waals surface area contributed by atoms with Crippen molar-refractivity contribution < 1.29 is 19.8 Å².